The number of urea groups is 1. The summed E-state index contributed by atoms with van der Waals surface area (Å²) in [4.78, 5) is 25.6. The van der Waals surface area contributed by atoms with Crippen molar-refractivity contribution in [2.75, 3.05) is 54.5 Å². The van der Waals surface area contributed by atoms with E-state index in [-0.39, 0.29) is 6.03 Å². The molecule has 2 aromatic rings. The number of pyridine rings is 2. The number of rotatable bonds is 5. The molecule has 4 heterocycles. The second kappa shape index (κ2) is 8.88. The Hall–Kier alpha value is -2.87. The zero-order chi connectivity index (χ0) is 19.2. The van der Waals surface area contributed by atoms with Gasteiger partial charge in [0, 0.05) is 38.9 Å². The van der Waals surface area contributed by atoms with E-state index in [9.17, 15) is 4.79 Å². The van der Waals surface area contributed by atoms with Crippen LogP contribution in [0.4, 0.5) is 22.1 Å². The first kappa shape index (κ1) is 18.5. The predicted molar refractivity (Wildman–Crippen MR) is 109 cm³/mol. The molecule has 148 valence electrons. The molecule has 2 saturated heterocycles. The van der Waals surface area contributed by atoms with Crippen LogP contribution in [0.3, 0.4) is 0 Å². The van der Waals surface area contributed by atoms with Gasteiger partial charge < -0.3 is 25.2 Å². The SMILES string of the molecule is O=C(NCc1ccnc(N2CCOCC2)c1)Nc1ccc(N2CCCC2)nc1. The van der Waals surface area contributed by atoms with Crippen molar-refractivity contribution in [3.05, 3.63) is 42.2 Å². The molecule has 2 aliphatic heterocycles. The Bertz CT molecular complexity index is 786. The van der Waals surface area contributed by atoms with E-state index >= 15 is 0 Å². The first-order chi connectivity index (χ1) is 13.8. The van der Waals surface area contributed by atoms with Crippen LogP contribution in [0.5, 0.6) is 0 Å². The molecule has 0 saturated carbocycles. The second-order valence-electron chi connectivity index (χ2n) is 7.03. The van der Waals surface area contributed by atoms with Gasteiger partial charge in [0.15, 0.2) is 0 Å². The third-order valence-electron chi connectivity index (χ3n) is 5.03. The van der Waals surface area contributed by atoms with E-state index in [4.69, 9.17) is 4.74 Å². The summed E-state index contributed by atoms with van der Waals surface area (Å²) in [6.07, 6.45) is 5.91. The van der Waals surface area contributed by atoms with E-state index in [1.165, 1.54) is 12.8 Å². The zero-order valence-electron chi connectivity index (χ0n) is 15.9. The van der Waals surface area contributed by atoms with Gasteiger partial charge in [0.25, 0.3) is 0 Å². The van der Waals surface area contributed by atoms with E-state index in [1.54, 1.807) is 12.4 Å². The molecule has 2 aliphatic rings. The summed E-state index contributed by atoms with van der Waals surface area (Å²) in [7, 11) is 0. The highest BCUT2D eigenvalue weighted by Crippen LogP contribution is 2.19. The number of aromatic nitrogens is 2. The standard InChI is InChI=1S/C20H26N6O2/c27-20(24-17-3-4-18(22-15-17)25-7-1-2-8-25)23-14-16-5-6-21-19(13-16)26-9-11-28-12-10-26/h3-6,13,15H,1-2,7-12,14H2,(H2,23,24,27). The molecular formula is C20H26N6O2. The van der Waals surface area contributed by atoms with Crippen molar-refractivity contribution in [1.29, 1.82) is 0 Å². The van der Waals surface area contributed by atoms with Crippen molar-refractivity contribution < 1.29 is 9.53 Å². The summed E-state index contributed by atoms with van der Waals surface area (Å²) in [5.74, 6) is 1.89. The summed E-state index contributed by atoms with van der Waals surface area (Å²) < 4.78 is 5.38. The van der Waals surface area contributed by atoms with Gasteiger partial charge in [-0.3, -0.25) is 0 Å². The Kier molecular flexibility index (Phi) is 5.86. The van der Waals surface area contributed by atoms with Crippen LogP contribution in [0, 0.1) is 0 Å². The fourth-order valence-corrected chi connectivity index (χ4v) is 3.49. The second-order valence-corrected chi connectivity index (χ2v) is 7.03. The van der Waals surface area contributed by atoms with Crippen molar-refractivity contribution in [2.24, 2.45) is 0 Å². The van der Waals surface area contributed by atoms with Crippen molar-refractivity contribution in [3.63, 3.8) is 0 Å². The van der Waals surface area contributed by atoms with Gasteiger partial charge in [-0.25, -0.2) is 14.8 Å². The lowest BCUT2D eigenvalue weighted by atomic mass is 10.2. The Morgan fingerprint density at radius 3 is 2.54 bits per heavy atom. The van der Waals surface area contributed by atoms with Crippen molar-refractivity contribution >= 4 is 23.4 Å². The lowest BCUT2D eigenvalue weighted by Crippen LogP contribution is -2.36. The number of nitrogens with one attached hydrogen (secondary N) is 2. The number of hydrogen-bond acceptors (Lipinski definition) is 6. The number of hydrogen-bond donors (Lipinski definition) is 2. The summed E-state index contributed by atoms with van der Waals surface area (Å²) in [6.45, 7) is 5.66. The molecule has 28 heavy (non-hydrogen) atoms. The van der Waals surface area contributed by atoms with Gasteiger partial charge in [-0.05, 0) is 42.7 Å². The molecule has 4 rings (SSSR count). The third kappa shape index (κ3) is 4.69. The summed E-state index contributed by atoms with van der Waals surface area (Å²) >= 11 is 0. The molecule has 0 unspecified atom stereocenters. The number of carbonyl (C=O) groups is 1. The number of nitrogens with zero attached hydrogens (tertiary/aromatic N) is 4. The van der Waals surface area contributed by atoms with Crippen LogP contribution in [0.1, 0.15) is 18.4 Å². The number of amides is 2. The summed E-state index contributed by atoms with van der Waals surface area (Å²) in [5.41, 5.74) is 1.69. The summed E-state index contributed by atoms with van der Waals surface area (Å²) in [5, 5.41) is 5.72. The molecule has 0 atom stereocenters. The molecule has 8 nitrogen and oxygen atoms in total. The first-order valence-electron chi connectivity index (χ1n) is 9.81. The third-order valence-corrected chi connectivity index (χ3v) is 5.03. The maximum absolute atomic E-state index is 12.2. The molecule has 2 N–H and O–H groups in total. The molecule has 0 aliphatic carbocycles. The van der Waals surface area contributed by atoms with E-state index in [0.29, 0.717) is 12.2 Å². The van der Waals surface area contributed by atoms with Crippen LogP contribution in [-0.2, 0) is 11.3 Å². The molecule has 2 aromatic heterocycles. The molecule has 0 aromatic carbocycles. The average molecular weight is 382 g/mol. The van der Waals surface area contributed by atoms with Crippen molar-refractivity contribution in [3.8, 4) is 0 Å². The van der Waals surface area contributed by atoms with Crippen LogP contribution in [0.15, 0.2) is 36.7 Å². The predicted octanol–water partition coefficient (Wildman–Crippen LogP) is 2.24. The average Bonchev–Trinajstić information content (AvgIpc) is 3.29. The number of anilines is 3. The number of ether oxygens (including phenoxy) is 1. The lowest BCUT2D eigenvalue weighted by molar-refractivity contribution is 0.122. The van der Waals surface area contributed by atoms with Gasteiger partial charge in [0.1, 0.15) is 11.6 Å². The minimum Gasteiger partial charge on any atom is -0.378 e. The van der Waals surface area contributed by atoms with E-state index in [2.05, 4.69) is 30.4 Å². The molecule has 2 fully saturated rings. The van der Waals surface area contributed by atoms with E-state index < -0.39 is 0 Å². The molecule has 2 amide bonds. The van der Waals surface area contributed by atoms with Crippen molar-refractivity contribution in [2.45, 2.75) is 19.4 Å². The maximum Gasteiger partial charge on any atom is 0.319 e. The lowest BCUT2D eigenvalue weighted by Gasteiger charge is -2.28. The largest absolute Gasteiger partial charge is 0.378 e. The smallest absolute Gasteiger partial charge is 0.319 e. The minimum absolute atomic E-state index is 0.250. The Morgan fingerprint density at radius 2 is 1.79 bits per heavy atom. The molecule has 0 bridgehead atoms. The van der Waals surface area contributed by atoms with Gasteiger partial charge in [0.2, 0.25) is 0 Å². The van der Waals surface area contributed by atoms with Crippen LogP contribution in [0.25, 0.3) is 0 Å². The Morgan fingerprint density at radius 1 is 1.00 bits per heavy atom. The molecule has 0 spiro atoms. The van der Waals surface area contributed by atoms with Gasteiger partial charge >= 0.3 is 6.03 Å². The maximum atomic E-state index is 12.2. The Labute approximate surface area is 164 Å². The molecular weight excluding hydrogens is 356 g/mol. The fourth-order valence-electron chi connectivity index (χ4n) is 3.49. The number of morpholine rings is 1. The fraction of sp³-hybridized carbons (Fsp3) is 0.450. The highest BCUT2D eigenvalue weighted by molar-refractivity contribution is 5.89. The van der Waals surface area contributed by atoms with Crippen LogP contribution in [0.2, 0.25) is 0 Å². The highest BCUT2D eigenvalue weighted by Gasteiger charge is 2.14. The van der Waals surface area contributed by atoms with Crippen molar-refractivity contribution in [1.82, 2.24) is 15.3 Å². The Balaban J connectivity index is 1.28. The topological polar surface area (TPSA) is 82.6 Å². The van der Waals surface area contributed by atoms with Gasteiger partial charge in [-0.15, -0.1) is 0 Å². The first-order valence-corrected chi connectivity index (χ1v) is 9.81. The van der Waals surface area contributed by atoms with E-state index in [0.717, 1.165) is 56.6 Å². The molecule has 8 heteroatoms. The molecule has 0 radical (unpaired) electrons. The summed E-state index contributed by atoms with van der Waals surface area (Å²) in [6, 6.07) is 7.52. The highest BCUT2D eigenvalue weighted by atomic mass is 16.5. The van der Waals surface area contributed by atoms with Gasteiger partial charge in [-0.1, -0.05) is 0 Å². The normalized spacial score (nSPS) is 16.9. The number of carbonyl (C=O) groups excluding carboxylic acids is 1. The van der Waals surface area contributed by atoms with Crippen LogP contribution >= 0.6 is 0 Å². The zero-order valence-corrected chi connectivity index (χ0v) is 15.9. The van der Waals surface area contributed by atoms with Crippen LogP contribution < -0.4 is 20.4 Å². The quantitative estimate of drug-likeness (QED) is 0.825. The van der Waals surface area contributed by atoms with Crippen LogP contribution in [-0.4, -0.2) is 55.4 Å². The van der Waals surface area contributed by atoms with E-state index in [1.807, 2.05) is 24.3 Å². The van der Waals surface area contributed by atoms with Gasteiger partial charge in [-0.2, -0.15) is 0 Å². The minimum atomic E-state index is -0.250. The monoisotopic (exact) mass is 382 g/mol. The van der Waals surface area contributed by atoms with Gasteiger partial charge in [0.05, 0.1) is 25.1 Å².